The third kappa shape index (κ3) is 3.12. The van der Waals surface area contributed by atoms with Crippen LogP contribution >= 0.6 is 0 Å². The Hall–Kier alpha value is -1.56. The summed E-state index contributed by atoms with van der Waals surface area (Å²) in [5.74, 6) is -0.934. The van der Waals surface area contributed by atoms with Crippen molar-refractivity contribution in [3.8, 4) is 0 Å². The molecule has 1 saturated heterocycles. The number of carboxylic acids is 1. The molecule has 0 aliphatic carbocycles. The lowest BCUT2D eigenvalue weighted by Crippen LogP contribution is -2.43. The molecule has 6 heteroatoms. The lowest BCUT2D eigenvalue weighted by Gasteiger charge is -2.33. The van der Waals surface area contributed by atoms with E-state index in [4.69, 9.17) is 0 Å². The Balaban J connectivity index is 2.25. The zero-order chi connectivity index (χ0) is 14.8. The van der Waals surface area contributed by atoms with Crippen molar-refractivity contribution >= 4 is 5.97 Å². The second kappa shape index (κ2) is 5.44. The number of rotatable bonds is 3. The van der Waals surface area contributed by atoms with Crippen molar-refractivity contribution in [2.24, 2.45) is 5.41 Å². The van der Waals surface area contributed by atoms with Gasteiger partial charge in [0.15, 0.2) is 0 Å². The van der Waals surface area contributed by atoms with Crippen LogP contribution in [0.3, 0.4) is 0 Å². The molecule has 0 radical (unpaired) electrons. The van der Waals surface area contributed by atoms with Crippen LogP contribution in [0, 0.1) is 5.41 Å². The normalized spacial score (nSPS) is 18.8. The van der Waals surface area contributed by atoms with Gasteiger partial charge in [0, 0.05) is 0 Å². The molecule has 20 heavy (non-hydrogen) atoms. The number of nitrogens with one attached hydrogen (secondary N) is 1. The van der Waals surface area contributed by atoms with Crippen LogP contribution in [-0.2, 0) is 17.4 Å². The molecule has 3 nitrogen and oxygen atoms in total. The summed E-state index contributed by atoms with van der Waals surface area (Å²) in [4.78, 5) is 11.5. The number of hydrogen-bond donors (Lipinski definition) is 2. The van der Waals surface area contributed by atoms with E-state index in [1.54, 1.807) is 6.07 Å². The maximum atomic E-state index is 12.7. The van der Waals surface area contributed by atoms with Crippen LogP contribution in [0.4, 0.5) is 13.2 Å². The van der Waals surface area contributed by atoms with Crippen molar-refractivity contribution < 1.29 is 23.1 Å². The summed E-state index contributed by atoms with van der Waals surface area (Å²) in [7, 11) is 0. The summed E-state index contributed by atoms with van der Waals surface area (Å²) < 4.78 is 38.0. The first kappa shape index (κ1) is 14.8. The molecule has 1 aliphatic heterocycles. The van der Waals surface area contributed by atoms with Crippen molar-refractivity contribution in [1.82, 2.24) is 5.32 Å². The molecular formula is C14H16F3NO2. The van der Waals surface area contributed by atoms with E-state index in [0.29, 0.717) is 31.5 Å². The number of benzene rings is 1. The molecule has 1 heterocycles. The van der Waals surface area contributed by atoms with E-state index in [-0.39, 0.29) is 6.42 Å². The van der Waals surface area contributed by atoms with Gasteiger partial charge in [-0.05, 0) is 44.0 Å². The van der Waals surface area contributed by atoms with Gasteiger partial charge in [0.2, 0.25) is 0 Å². The van der Waals surface area contributed by atoms with Gasteiger partial charge in [0.25, 0.3) is 0 Å². The number of carboxylic acid groups (broad SMARTS) is 1. The molecule has 1 aromatic rings. The van der Waals surface area contributed by atoms with Gasteiger partial charge in [-0.1, -0.05) is 18.2 Å². The van der Waals surface area contributed by atoms with E-state index in [1.807, 2.05) is 0 Å². The van der Waals surface area contributed by atoms with Crippen molar-refractivity contribution in [2.45, 2.75) is 25.4 Å². The highest BCUT2D eigenvalue weighted by Crippen LogP contribution is 2.35. The minimum absolute atomic E-state index is 0.133. The highest BCUT2D eigenvalue weighted by Gasteiger charge is 2.40. The van der Waals surface area contributed by atoms with Gasteiger partial charge in [-0.2, -0.15) is 13.2 Å². The molecule has 0 aromatic heterocycles. The van der Waals surface area contributed by atoms with Gasteiger partial charge in [0.05, 0.1) is 11.0 Å². The van der Waals surface area contributed by atoms with E-state index in [1.165, 1.54) is 6.07 Å². The van der Waals surface area contributed by atoms with E-state index in [2.05, 4.69) is 5.32 Å². The Bertz CT molecular complexity index is 493. The third-order valence-electron chi connectivity index (χ3n) is 3.81. The van der Waals surface area contributed by atoms with Gasteiger partial charge in [0.1, 0.15) is 0 Å². The first-order chi connectivity index (χ1) is 9.33. The predicted octanol–water partition coefficient (Wildman–Crippen LogP) is 2.70. The third-order valence-corrected chi connectivity index (χ3v) is 3.81. The topological polar surface area (TPSA) is 49.3 Å². The number of hydrogen-bond acceptors (Lipinski definition) is 2. The Morgan fingerprint density at radius 2 is 1.95 bits per heavy atom. The first-order valence-electron chi connectivity index (χ1n) is 6.44. The number of halogens is 3. The lowest BCUT2D eigenvalue weighted by atomic mass is 9.74. The molecule has 0 saturated carbocycles. The maximum Gasteiger partial charge on any atom is 0.416 e. The maximum absolute atomic E-state index is 12.7. The van der Waals surface area contributed by atoms with Crippen molar-refractivity contribution in [1.29, 1.82) is 0 Å². The first-order valence-corrected chi connectivity index (χ1v) is 6.44. The van der Waals surface area contributed by atoms with Crippen LogP contribution in [0.2, 0.25) is 0 Å². The lowest BCUT2D eigenvalue weighted by molar-refractivity contribution is -0.150. The predicted molar refractivity (Wildman–Crippen MR) is 67.3 cm³/mol. The minimum atomic E-state index is -4.40. The van der Waals surface area contributed by atoms with Crippen molar-refractivity contribution in [2.75, 3.05) is 13.1 Å². The van der Waals surface area contributed by atoms with Crippen LogP contribution in [0.25, 0.3) is 0 Å². The zero-order valence-electron chi connectivity index (χ0n) is 10.8. The second-order valence-corrected chi connectivity index (χ2v) is 5.21. The Kier molecular flexibility index (Phi) is 4.04. The summed E-state index contributed by atoms with van der Waals surface area (Å²) in [6.07, 6.45) is -3.41. The Morgan fingerprint density at radius 1 is 1.30 bits per heavy atom. The second-order valence-electron chi connectivity index (χ2n) is 5.21. The summed E-state index contributed by atoms with van der Waals surface area (Å²) in [5.41, 5.74) is -1.27. The molecule has 0 spiro atoms. The average Bonchev–Trinajstić information content (AvgIpc) is 2.39. The molecule has 1 aromatic carbocycles. The molecule has 2 N–H and O–H groups in total. The van der Waals surface area contributed by atoms with E-state index >= 15 is 0 Å². The standard InChI is InChI=1S/C14H16F3NO2/c15-14(16,17)11-3-1-2-10(8-11)9-13(12(19)20)4-6-18-7-5-13/h1-3,8,18H,4-7,9H2,(H,19,20). The summed E-state index contributed by atoms with van der Waals surface area (Å²) >= 11 is 0. The van der Waals surface area contributed by atoms with Crippen LogP contribution in [0.1, 0.15) is 24.0 Å². The van der Waals surface area contributed by atoms with Gasteiger partial charge in [-0.3, -0.25) is 4.79 Å². The highest BCUT2D eigenvalue weighted by atomic mass is 19.4. The Morgan fingerprint density at radius 3 is 2.50 bits per heavy atom. The molecule has 0 unspecified atom stereocenters. The van der Waals surface area contributed by atoms with E-state index < -0.39 is 23.1 Å². The van der Waals surface area contributed by atoms with Crippen LogP contribution in [0.15, 0.2) is 24.3 Å². The largest absolute Gasteiger partial charge is 0.481 e. The van der Waals surface area contributed by atoms with Crippen LogP contribution < -0.4 is 5.32 Å². The molecule has 110 valence electrons. The molecular weight excluding hydrogens is 271 g/mol. The van der Waals surface area contributed by atoms with Gasteiger partial charge >= 0.3 is 12.1 Å². The molecule has 0 atom stereocenters. The average molecular weight is 287 g/mol. The van der Waals surface area contributed by atoms with Crippen LogP contribution in [0.5, 0.6) is 0 Å². The quantitative estimate of drug-likeness (QED) is 0.898. The van der Waals surface area contributed by atoms with Crippen molar-refractivity contribution in [3.63, 3.8) is 0 Å². The molecule has 2 rings (SSSR count). The summed E-state index contributed by atoms with van der Waals surface area (Å²) in [5, 5.41) is 12.5. The zero-order valence-corrected chi connectivity index (χ0v) is 10.8. The van der Waals surface area contributed by atoms with E-state index in [9.17, 15) is 23.1 Å². The van der Waals surface area contributed by atoms with Gasteiger partial charge in [-0.25, -0.2) is 0 Å². The minimum Gasteiger partial charge on any atom is -0.481 e. The summed E-state index contributed by atoms with van der Waals surface area (Å²) in [6, 6.07) is 4.93. The van der Waals surface area contributed by atoms with Crippen molar-refractivity contribution in [3.05, 3.63) is 35.4 Å². The molecule has 1 fully saturated rings. The number of carbonyl (C=O) groups is 1. The van der Waals surface area contributed by atoms with Gasteiger partial charge in [-0.15, -0.1) is 0 Å². The SMILES string of the molecule is O=C(O)C1(Cc2cccc(C(F)(F)F)c2)CCNCC1. The van der Waals surface area contributed by atoms with E-state index in [0.717, 1.165) is 12.1 Å². The number of piperidine rings is 1. The highest BCUT2D eigenvalue weighted by molar-refractivity contribution is 5.75. The molecule has 0 bridgehead atoms. The summed E-state index contributed by atoms with van der Waals surface area (Å²) in [6.45, 7) is 1.15. The number of alkyl halides is 3. The fraction of sp³-hybridized carbons (Fsp3) is 0.500. The smallest absolute Gasteiger partial charge is 0.416 e. The van der Waals surface area contributed by atoms with Gasteiger partial charge < -0.3 is 10.4 Å². The molecule has 0 amide bonds. The number of aliphatic carboxylic acids is 1. The monoisotopic (exact) mass is 287 g/mol. The fourth-order valence-corrected chi connectivity index (χ4v) is 2.62. The Labute approximate surface area is 114 Å². The fourth-order valence-electron chi connectivity index (χ4n) is 2.62. The molecule has 1 aliphatic rings. The van der Waals surface area contributed by atoms with Crippen LogP contribution in [-0.4, -0.2) is 24.2 Å².